The SMILES string of the molecule is Cc1ccc(C)c(O[C@H](C)C(=O)NC2CC2)c1. The minimum Gasteiger partial charge on any atom is -0.481 e. The van der Waals surface area contributed by atoms with E-state index in [1.807, 2.05) is 32.0 Å². The zero-order valence-corrected chi connectivity index (χ0v) is 10.6. The summed E-state index contributed by atoms with van der Waals surface area (Å²) in [7, 11) is 0. The second-order valence-corrected chi connectivity index (χ2v) is 4.81. The predicted molar refractivity (Wildman–Crippen MR) is 67.2 cm³/mol. The Balaban J connectivity index is 1.98. The Morgan fingerprint density at radius 1 is 1.41 bits per heavy atom. The van der Waals surface area contributed by atoms with E-state index in [4.69, 9.17) is 4.74 Å². The van der Waals surface area contributed by atoms with Crippen molar-refractivity contribution in [1.82, 2.24) is 5.32 Å². The summed E-state index contributed by atoms with van der Waals surface area (Å²) in [5, 5.41) is 2.94. The Kier molecular flexibility index (Phi) is 3.36. The van der Waals surface area contributed by atoms with E-state index in [1.165, 1.54) is 0 Å². The number of hydrogen-bond donors (Lipinski definition) is 1. The zero-order chi connectivity index (χ0) is 12.4. The molecular formula is C14H19NO2. The van der Waals surface area contributed by atoms with E-state index in [0.29, 0.717) is 6.04 Å². The molecule has 0 spiro atoms. The monoisotopic (exact) mass is 233 g/mol. The van der Waals surface area contributed by atoms with Gasteiger partial charge < -0.3 is 10.1 Å². The third kappa shape index (κ3) is 3.22. The van der Waals surface area contributed by atoms with Crippen molar-refractivity contribution in [1.29, 1.82) is 0 Å². The third-order valence-corrected chi connectivity index (χ3v) is 2.94. The average Bonchev–Trinajstić information content (AvgIpc) is 3.07. The molecule has 1 atom stereocenters. The van der Waals surface area contributed by atoms with Gasteiger partial charge in [-0.15, -0.1) is 0 Å². The van der Waals surface area contributed by atoms with E-state index in [9.17, 15) is 4.79 Å². The highest BCUT2D eigenvalue weighted by Crippen LogP contribution is 2.22. The van der Waals surface area contributed by atoms with E-state index in [2.05, 4.69) is 5.32 Å². The van der Waals surface area contributed by atoms with Crippen LogP contribution in [0, 0.1) is 13.8 Å². The maximum atomic E-state index is 11.8. The van der Waals surface area contributed by atoms with E-state index < -0.39 is 6.10 Å². The summed E-state index contributed by atoms with van der Waals surface area (Å²) in [5.41, 5.74) is 2.20. The molecule has 3 nitrogen and oxygen atoms in total. The van der Waals surface area contributed by atoms with Gasteiger partial charge in [0.1, 0.15) is 5.75 Å². The summed E-state index contributed by atoms with van der Waals surface area (Å²) in [4.78, 5) is 11.8. The van der Waals surface area contributed by atoms with Gasteiger partial charge in [-0.25, -0.2) is 0 Å². The van der Waals surface area contributed by atoms with Gasteiger partial charge in [0.15, 0.2) is 6.10 Å². The van der Waals surface area contributed by atoms with Crippen LogP contribution in [-0.2, 0) is 4.79 Å². The number of carbonyl (C=O) groups excluding carboxylic acids is 1. The van der Waals surface area contributed by atoms with Crippen molar-refractivity contribution in [3.8, 4) is 5.75 Å². The fourth-order valence-corrected chi connectivity index (χ4v) is 1.62. The molecule has 1 N–H and O–H groups in total. The molecule has 0 unspecified atom stereocenters. The number of aryl methyl sites for hydroxylation is 2. The van der Waals surface area contributed by atoms with Crippen LogP contribution in [0.2, 0.25) is 0 Å². The molecule has 1 aliphatic carbocycles. The van der Waals surface area contributed by atoms with Crippen LogP contribution in [0.3, 0.4) is 0 Å². The topological polar surface area (TPSA) is 38.3 Å². The van der Waals surface area contributed by atoms with E-state index in [0.717, 1.165) is 29.7 Å². The van der Waals surface area contributed by atoms with Crippen molar-refractivity contribution in [2.45, 2.75) is 45.8 Å². The van der Waals surface area contributed by atoms with Gasteiger partial charge in [0.25, 0.3) is 5.91 Å². The lowest BCUT2D eigenvalue weighted by Crippen LogP contribution is -2.37. The first-order valence-electron chi connectivity index (χ1n) is 6.10. The summed E-state index contributed by atoms with van der Waals surface area (Å²) in [6.07, 6.45) is 1.76. The Labute approximate surface area is 102 Å². The van der Waals surface area contributed by atoms with Gasteiger partial charge in [-0.3, -0.25) is 4.79 Å². The molecule has 1 aromatic carbocycles. The van der Waals surface area contributed by atoms with Gasteiger partial charge in [-0.1, -0.05) is 12.1 Å². The van der Waals surface area contributed by atoms with Crippen molar-refractivity contribution in [2.24, 2.45) is 0 Å². The number of nitrogens with one attached hydrogen (secondary N) is 1. The zero-order valence-electron chi connectivity index (χ0n) is 10.6. The second kappa shape index (κ2) is 4.78. The molecule has 1 amide bonds. The molecule has 2 rings (SSSR count). The molecule has 0 radical (unpaired) electrons. The van der Waals surface area contributed by atoms with Crippen LogP contribution in [0.25, 0.3) is 0 Å². The first kappa shape index (κ1) is 12.0. The smallest absolute Gasteiger partial charge is 0.260 e. The lowest BCUT2D eigenvalue weighted by molar-refractivity contribution is -0.127. The molecule has 1 aromatic rings. The lowest BCUT2D eigenvalue weighted by Gasteiger charge is -2.16. The van der Waals surface area contributed by atoms with E-state index >= 15 is 0 Å². The van der Waals surface area contributed by atoms with Crippen LogP contribution in [-0.4, -0.2) is 18.1 Å². The minimum absolute atomic E-state index is 0.0200. The maximum absolute atomic E-state index is 11.8. The van der Waals surface area contributed by atoms with E-state index in [-0.39, 0.29) is 5.91 Å². The number of ether oxygens (including phenoxy) is 1. The molecular weight excluding hydrogens is 214 g/mol. The number of amides is 1. The summed E-state index contributed by atoms with van der Waals surface area (Å²) in [6, 6.07) is 6.40. The fraction of sp³-hybridized carbons (Fsp3) is 0.500. The first-order valence-corrected chi connectivity index (χ1v) is 6.10. The molecule has 1 fully saturated rings. The van der Waals surface area contributed by atoms with Gasteiger partial charge in [0.05, 0.1) is 0 Å². The van der Waals surface area contributed by atoms with Crippen molar-refractivity contribution in [3.63, 3.8) is 0 Å². The molecule has 1 saturated carbocycles. The van der Waals surface area contributed by atoms with Crippen molar-refractivity contribution < 1.29 is 9.53 Å². The van der Waals surface area contributed by atoms with Crippen LogP contribution < -0.4 is 10.1 Å². The van der Waals surface area contributed by atoms with Crippen molar-refractivity contribution in [3.05, 3.63) is 29.3 Å². The van der Waals surface area contributed by atoms with E-state index in [1.54, 1.807) is 6.92 Å². The number of rotatable bonds is 4. The average molecular weight is 233 g/mol. The molecule has 17 heavy (non-hydrogen) atoms. The third-order valence-electron chi connectivity index (χ3n) is 2.94. The first-order chi connectivity index (χ1) is 8.06. The highest BCUT2D eigenvalue weighted by atomic mass is 16.5. The fourth-order valence-electron chi connectivity index (χ4n) is 1.62. The number of benzene rings is 1. The molecule has 0 saturated heterocycles. The summed E-state index contributed by atoms with van der Waals surface area (Å²) >= 11 is 0. The molecule has 1 aliphatic rings. The molecule has 0 aromatic heterocycles. The van der Waals surface area contributed by atoms with Crippen LogP contribution in [0.1, 0.15) is 30.9 Å². The van der Waals surface area contributed by atoms with Crippen molar-refractivity contribution in [2.75, 3.05) is 0 Å². The number of hydrogen-bond acceptors (Lipinski definition) is 2. The quantitative estimate of drug-likeness (QED) is 0.867. The largest absolute Gasteiger partial charge is 0.481 e. The lowest BCUT2D eigenvalue weighted by atomic mass is 10.1. The molecule has 0 bridgehead atoms. The Hall–Kier alpha value is -1.51. The van der Waals surface area contributed by atoms with Gasteiger partial charge in [-0.05, 0) is 50.8 Å². The minimum atomic E-state index is -0.434. The Bertz CT molecular complexity index is 424. The van der Waals surface area contributed by atoms with Crippen LogP contribution in [0.4, 0.5) is 0 Å². The van der Waals surface area contributed by atoms with Crippen LogP contribution in [0.5, 0.6) is 5.75 Å². The van der Waals surface area contributed by atoms with Crippen molar-refractivity contribution >= 4 is 5.91 Å². The van der Waals surface area contributed by atoms with Crippen LogP contribution in [0.15, 0.2) is 18.2 Å². The van der Waals surface area contributed by atoms with Gasteiger partial charge in [-0.2, -0.15) is 0 Å². The Morgan fingerprint density at radius 2 is 2.12 bits per heavy atom. The van der Waals surface area contributed by atoms with Gasteiger partial charge in [0, 0.05) is 6.04 Å². The summed E-state index contributed by atoms with van der Waals surface area (Å²) < 4.78 is 5.70. The summed E-state index contributed by atoms with van der Waals surface area (Å²) in [6.45, 7) is 5.79. The highest BCUT2D eigenvalue weighted by Gasteiger charge is 2.26. The molecule has 0 heterocycles. The maximum Gasteiger partial charge on any atom is 0.260 e. The van der Waals surface area contributed by atoms with Gasteiger partial charge >= 0.3 is 0 Å². The summed E-state index contributed by atoms with van der Waals surface area (Å²) in [5.74, 6) is 0.775. The molecule has 92 valence electrons. The second-order valence-electron chi connectivity index (χ2n) is 4.81. The molecule has 0 aliphatic heterocycles. The normalized spacial score (nSPS) is 16.4. The molecule has 3 heteroatoms. The Morgan fingerprint density at radius 3 is 2.76 bits per heavy atom. The number of carbonyl (C=O) groups is 1. The van der Waals surface area contributed by atoms with Gasteiger partial charge in [0.2, 0.25) is 0 Å². The van der Waals surface area contributed by atoms with Crippen LogP contribution >= 0.6 is 0 Å². The predicted octanol–water partition coefficient (Wildman–Crippen LogP) is 2.35. The highest BCUT2D eigenvalue weighted by molar-refractivity contribution is 5.81. The standard InChI is InChI=1S/C14H19NO2/c1-9-4-5-10(2)13(8-9)17-11(3)14(16)15-12-6-7-12/h4-5,8,11-12H,6-7H2,1-3H3,(H,15,16)/t11-/m1/s1.